The van der Waals surface area contributed by atoms with E-state index in [1.807, 2.05) is 11.3 Å². The zero-order valence-corrected chi connectivity index (χ0v) is 21.6. The maximum absolute atomic E-state index is 9.28. The fraction of sp³-hybridized carbons (Fsp3) is 0.759. The van der Waals surface area contributed by atoms with Crippen LogP contribution in [-0.2, 0) is 12.8 Å². The van der Waals surface area contributed by atoms with Crippen LogP contribution in [0.3, 0.4) is 0 Å². The third kappa shape index (κ3) is 4.98. The summed E-state index contributed by atoms with van der Waals surface area (Å²) in [6.07, 6.45) is 23.9. The summed E-state index contributed by atoms with van der Waals surface area (Å²) in [6, 6.07) is 6.27. The van der Waals surface area contributed by atoms with E-state index in [1.54, 1.807) is 4.88 Å². The monoisotopic (exact) mass is 480 g/mol. The van der Waals surface area contributed by atoms with Crippen LogP contribution < -0.4 is 5.32 Å². The fourth-order valence-corrected chi connectivity index (χ4v) is 11.0. The number of fused-ring (bicyclic) bond motifs is 2. The zero-order chi connectivity index (χ0) is 22.2. The minimum atomic E-state index is 0.242. The molecule has 0 spiro atoms. The molecule has 6 atom stereocenters. The van der Waals surface area contributed by atoms with E-state index in [4.69, 9.17) is 0 Å². The van der Waals surface area contributed by atoms with Crippen LogP contribution in [0.25, 0.3) is 0 Å². The van der Waals surface area contributed by atoms with Crippen molar-refractivity contribution in [3.8, 4) is 6.07 Å². The van der Waals surface area contributed by atoms with Crippen LogP contribution >= 0.6 is 23.1 Å². The van der Waals surface area contributed by atoms with Gasteiger partial charge in [-0.25, -0.2) is 0 Å². The lowest BCUT2D eigenvalue weighted by molar-refractivity contribution is 0.259. The van der Waals surface area contributed by atoms with Gasteiger partial charge in [0.15, 0.2) is 0 Å². The molecule has 4 aliphatic carbocycles. The van der Waals surface area contributed by atoms with Crippen LogP contribution in [0.5, 0.6) is 0 Å². The summed E-state index contributed by atoms with van der Waals surface area (Å²) in [6.45, 7) is 0. The summed E-state index contributed by atoms with van der Waals surface area (Å²) in [7, 11) is 0. The molecular weight excluding hydrogens is 440 g/mol. The molecule has 1 aromatic rings. The van der Waals surface area contributed by atoms with Crippen molar-refractivity contribution in [1.82, 2.24) is 5.32 Å². The van der Waals surface area contributed by atoms with Crippen molar-refractivity contribution in [3.05, 3.63) is 33.5 Å². The van der Waals surface area contributed by atoms with E-state index in [2.05, 4.69) is 41.4 Å². The second-order valence-corrected chi connectivity index (χ2v) is 14.3. The third-order valence-electron chi connectivity index (χ3n) is 9.49. The van der Waals surface area contributed by atoms with Gasteiger partial charge >= 0.3 is 0 Å². The average molecular weight is 481 g/mol. The van der Waals surface area contributed by atoms with E-state index in [-0.39, 0.29) is 5.92 Å². The minimum absolute atomic E-state index is 0.242. The van der Waals surface area contributed by atoms with Crippen molar-refractivity contribution in [1.29, 1.82) is 5.26 Å². The molecule has 2 heterocycles. The molecule has 0 amide bonds. The van der Waals surface area contributed by atoms with Crippen molar-refractivity contribution < 1.29 is 0 Å². The Labute approximate surface area is 209 Å². The van der Waals surface area contributed by atoms with Crippen LogP contribution in [0, 0.1) is 29.1 Å². The predicted octanol–water partition coefficient (Wildman–Crippen LogP) is 7.39. The first-order chi connectivity index (χ1) is 16.2. The Morgan fingerprint density at radius 1 is 0.879 bits per heavy atom. The maximum atomic E-state index is 9.28. The molecule has 4 heteroatoms. The molecule has 5 aliphatic rings. The molecule has 1 saturated heterocycles. The molecule has 1 aliphatic heterocycles. The van der Waals surface area contributed by atoms with E-state index >= 15 is 0 Å². The molecule has 0 aromatic carbocycles. The minimum Gasteiger partial charge on any atom is -0.308 e. The molecule has 6 rings (SSSR count). The second kappa shape index (κ2) is 10.1. The number of hydrogen-bond acceptors (Lipinski definition) is 4. The highest BCUT2D eigenvalue weighted by Gasteiger charge is 2.40. The molecule has 2 saturated carbocycles. The quantitative estimate of drug-likeness (QED) is 0.456. The molecule has 33 heavy (non-hydrogen) atoms. The van der Waals surface area contributed by atoms with Crippen molar-refractivity contribution in [2.45, 2.75) is 118 Å². The molecule has 6 unspecified atom stereocenters. The van der Waals surface area contributed by atoms with Gasteiger partial charge in [-0.1, -0.05) is 25.0 Å². The topological polar surface area (TPSA) is 35.8 Å². The first kappa shape index (κ1) is 22.7. The van der Waals surface area contributed by atoms with Gasteiger partial charge in [0.2, 0.25) is 0 Å². The van der Waals surface area contributed by atoms with Gasteiger partial charge < -0.3 is 5.32 Å². The van der Waals surface area contributed by atoms with Gasteiger partial charge in [-0.15, -0.1) is 11.3 Å². The number of allylic oxidation sites excluding steroid dienone is 1. The van der Waals surface area contributed by atoms with Gasteiger partial charge in [-0.05, 0) is 101 Å². The molecule has 2 nitrogen and oxygen atoms in total. The summed E-state index contributed by atoms with van der Waals surface area (Å²) >= 11 is 4.39. The highest BCUT2D eigenvalue weighted by Crippen LogP contribution is 2.50. The highest BCUT2D eigenvalue weighted by molar-refractivity contribution is 8.00. The Kier molecular flexibility index (Phi) is 6.93. The number of thiophene rings is 1. The van der Waals surface area contributed by atoms with Crippen molar-refractivity contribution in [2.75, 3.05) is 0 Å². The number of rotatable bonds is 4. The third-order valence-corrected chi connectivity index (χ3v) is 12.7. The predicted molar refractivity (Wildman–Crippen MR) is 141 cm³/mol. The highest BCUT2D eigenvalue weighted by atomic mass is 32.2. The van der Waals surface area contributed by atoms with E-state index in [1.165, 1.54) is 81.1 Å². The summed E-state index contributed by atoms with van der Waals surface area (Å²) in [5, 5.41) is 15.3. The lowest BCUT2D eigenvalue weighted by Gasteiger charge is -2.35. The van der Waals surface area contributed by atoms with Gasteiger partial charge in [-0.3, -0.25) is 0 Å². The Hall–Kier alpha value is -0.760. The lowest BCUT2D eigenvalue weighted by atomic mass is 9.79. The van der Waals surface area contributed by atoms with Gasteiger partial charge in [0, 0.05) is 38.3 Å². The van der Waals surface area contributed by atoms with Crippen LogP contribution in [0.15, 0.2) is 18.2 Å². The second-order valence-electron chi connectivity index (χ2n) is 11.6. The van der Waals surface area contributed by atoms with E-state index in [0.717, 1.165) is 47.6 Å². The number of nitrogens with zero attached hydrogens (tertiary/aromatic N) is 1. The summed E-state index contributed by atoms with van der Waals surface area (Å²) in [5.74, 6) is 2.89. The zero-order valence-electron chi connectivity index (χ0n) is 20.0. The van der Waals surface area contributed by atoms with Crippen LogP contribution in [0.4, 0.5) is 0 Å². The normalized spacial score (nSPS) is 40.7. The van der Waals surface area contributed by atoms with Crippen molar-refractivity contribution >= 4 is 23.1 Å². The van der Waals surface area contributed by atoms with Gasteiger partial charge in [-0.2, -0.15) is 17.0 Å². The number of nitriles is 1. The summed E-state index contributed by atoms with van der Waals surface area (Å²) in [4.78, 5) is 3.04. The first-order valence-corrected chi connectivity index (χ1v) is 15.6. The first-order valence-electron chi connectivity index (χ1n) is 13.9. The number of hydrogen-bond donors (Lipinski definition) is 1. The Bertz CT molecular complexity index is 876. The number of thioether (sulfide) groups is 1. The molecule has 1 N–H and O–H groups in total. The molecular formula is C29H40N2S2. The molecule has 0 bridgehead atoms. The smallest absolute Gasteiger partial charge is 0.0659 e. The summed E-state index contributed by atoms with van der Waals surface area (Å²) in [5.41, 5.74) is 1.53. The van der Waals surface area contributed by atoms with Gasteiger partial charge in [0.25, 0.3) is 0 Å². The van der Waals surface area contributed by atoms with Gasteiger partial charge in [0.05, 0.1) is 12.0 Å². The maximum Gasteiger partial charge on any atom is 0.0659 e. The van der Waals surface area contributed by atoms with Gasteiger partial charge in [0.1, 0.15) is 0 Å². The Morgan fingerprint density at radius 3 is 2.55 bits per heavy atom. The van der Waals surface area contributed by atoms with E-state index in [0.29, 0.717) is 12.0 Å². The van der Waals surface area contributed by atoms with Crippen LogP contribution in [0.2, 0.25) is 0 Å². The number of aryl methyl sites for hydroxylation is 1. The number of nitrogens with one attached hydrogen (secondary N) is 1. The SMILES string of the molecule is N#CC1CCc2cc(C3C=CC(NC4CCC(C5CC6CCCCC6S5)CC4)CC3)sc2C1. The van der Waals surface area contributed by atoms with E-state index in [9.17, 15) is 5.26 Å². The summed E-state index contributed by atoms with van der Waals surface area (Å²) < 4.78 is 0. The van der Waals surface area contributed by atoms with Crippen LogP contribution in [-0.4, -0.2) is 22.6 Å². The van der Waals surface area contributed by atoms with Crippen molar-refractivity contribution in [2.24, 2.45) is 17.8 Å². The Balaban J connectivity index is 0.976. The largest absolute Gasteiger partial charge is 0.308 e. The van der Waals surface area contributed by atoms with Crippen molar-refractivity contribution in [3.63, 3.8) is 0 Å². The standard InChI is InChI=1S/C29H40N2S2/c30-18-19-5-6-23-17-29(33-27(23)15-19)21-9-13-25(14-10-21)31-24-11-7-20(8-12-24)28-16-22-3-1-2-4-26(22)32-28/h9,13,17,19-22,24-26,28,31H,1-8,10-12,14-16H2. The fourth-order valence-electron chi connectivity index (χ4n) is 7.48. The lowest BCUT2D eigenvalue weighted by Crippen LogP contribution is -2.41. The van der Waals surface area contributed by atoms with E-state index < -0.39 is 0 Å². The average Bonchev–Trinajstić information content (AvgIpc) is 3.49. The molecule has 3 fully saturated rings. The molecule has 1 aromatic heterocycles. The van der Waals surface area contributed by atoms with Crippen LogP contribution in [0.1, 0.15) is 98.3 Å². The molecule has 178 valence electrons. The Morgan fingerprint density at radius 2 is 1.76 bits per heavy atom. The molecule has 0 radical (unpaired) electrons.